The van der Waals surface area contributed by atoms with Crippen LogP contribution in [0.2, 0.25) is 0 Å². The van der Waals surface area contributed by atoms with E-state index in [0.717, 1.165) is 24.6 Å². The van der Waals surface area contributed by atoms with Gasteiger partial charge >= 0.3 is 0 Å². The molecule has 1 aromatic heterocycles. The Morgan fingerprint density at radius 1 is 1.57 bits per heavy atom. The summed E-state index contributed by atoms with van der Waals surface area (Å²) in [5.74, 6) is 1.81. The van der Waals surface area contributed by atoms with Crippen LogP contribution < -0.4 is 4.90 Å². The topological polar surface area (TPSA) is 29.0 Å². The van der Waals surface area contributed by atoms with Gasteiger partial charge in [-0.05, 0) is 19.4 Å². The van der Waals surface area contributed by atoms with Crippen molar-refractivity contribution in [3.05, 3.63) is 18.1 Å². The van der Waals surface area contributed by atoms with Gasteiger partial charge in [-0.25, -0.2) is 9.97 Å². The van der Waals surface area contributed by atoms with E-state index >= 15 is 0 Å². The zero-order chi connectivity index (χ0) is 10.6. The molecule has 0 radical (unpaired) electrons. The number of nitrogens with zero attached hydrogens (tertiary/aromatic N) is 3. The van der Waals surface area contributed by atoms with Gasteiger partial charge in [0.2, 0.25) is 0 Å². The predicted octanol–water partition coefficient (Wildman–Crippen LogP) is 2.39. The second-order valence-electron chi connectivity index (χ2n) is 3.45. The molecule has 4 heteroatoms. The highest BCUT2D eigenvalue weighted by atomic mass is 79.9. The van der Waals surface area contributed by atoms with Gasteiger partial charge in [0.15, 0.2) is 0 Å². The number of alkyl halides is 1. The first-order valence-corrected chi connectivity index (χ1v) is 5.66. The van der Waals surface area contributed by atoms with E-state index in [1.807, 2.05) is 13.0 Å². The van der Waals surface area contributed by atoms with Gasteiger partial charge in [0.05, 0.1) is 0 Å². The van der Waals surface area contributed by atoms with Gasteiger partial charge in [0.1, 0.15) is 11.6 Å². The molecule has 0 saturated carbocycles. The van der Waals surface area contributed by atoms with E-state index in [9.17, 15) is 0 Å². The summed E-state index contributed by atoms with van der Waals surface area (Å²) in [4.78, 5) is 11.1. The Labute approximate surface area is 93.7 Å². The first-order chi connectivity index (χ1) is 6.59. The molecule has 14 heavy (non-hydrogen) atoms. The first kappa shape index (κ1) is 11.4. The summed E-state index contributed by atoms with van der Waals surface area (Å²) < 4.78 is 0. The van der Waals surface area contributed by atoms with Crippen LogP contribution in [-0.4, -0.2) is 28.4 Å². The van der Waals surface area contributed by atoms with E-state index in [-0.39, 0.29) is 0 Å². The van der Waals surface area contributed by atoms with Crippen LogP contribution in [0.5, 0.6) is 0 Å². The molecule has 3 nitrogen and oxygen atoms in total. The maximum Gasteiger partial charge on any atom is 0.131 e. The molecule has 0 N–H and O–H groups in total. The molecule has 0 fully saturated rings. The third kappa shape index (κ3) is 3.62. The Morgan fingerprint density at radius 3 is 2.86 bits per heavy atom. The number of aryl methyl sites for hydroxylation is 1. The summed E-state index contributed by atoms with van der Waals surface area (Å²) in [6, 6.07) is 1.94. The molecule has 1 aromatic rings. The van der Waals surface area contributed by atoms with Gasteiger partial charge in [0.25, 0.3) is 0 Å². The molecule has 0 aliphatic heterocycles. The van der Waals surface area contributed by atoms with Crippen LogP contribution in [0.3, 0.4) is 0 Å². The van der Waals surface area contributed by atoms with Crippen molar-refractivity contribution in [1.29, 1.82) is 0 Å². The van der Waals surface area contributed by atoms with E-state index in [0.29, 0.717) is 4.83 Å². The Bertz CT molecular complexity index is 288. The van der Waals surface area contributed by atoms with Gasteiger partial charge in [-0.1, -0.05) is 22.9 Å². The van der Waals surface area contributed by atoms with Gasteiger partial charge in [-0.2, -0.15) is 0 Å². The molecule has 0 aromatic carbocycles. The smallest absolute Gasteiger partial charge is 0.131 e. The summed E-state index contributed by atoms with van der Waals surface area (Å²) in [5.41, 5.74) is 0. The molecule has 1 unspecified atom stereocenters. The van der Waals surface area contributed by atoms with Gasteiger partial charge in [-0.3, -0.25) is 0 Å². The van der Waals surface area contributed by atoms with Crippen LogP contribution in [0.4, 0.5) is 5.82 Å². The Hall–Kier alpha value is -0.640. The zero-order valence-electron chi connectivity index (χ0n) is 8.87. The van der Waals surface area contributed by atoms with Gasteiger partial charge in [-0.15, -0.1) is 0 Å². The molecule has 0 spiro atoms. The lowest BCUT2D eigenvalue weighted by Gasteiger charge is -2.18. The second kappa shape index (κ2) is 5.29. The monoisotopic (exact) mass is 257 g/mol. The van der Waals surface area contributed by atoms with E-state index in [2.05, 4.69) is 44.8 Å². The van der Waals surface area contributed by atoms with E-state index in [1.54, 1.807) is 6.20 Å². The molecule has 0 bridgehead atoms. The van der Waals surface area contributed by atoms with Crippen molar-refractivity contribution < 1.29 is 0 Å². The number of rotatable bonds is 4. The standard InChI is InChI=1S/C10H16BrN3/c1-8(11)5-7-14(3)10-4-6-12-9(2)13-10/h4,6,8H,5,7H2,1-3H3. The minimum atomic E-state index is 0.549. The average Bonchev–Trinajstić information content (AvgIpc) is 2.14. The fraction of sp³-hybridized carbons (Fsp3) is 0.600. The van der Waals surface area contributed by atoms with Crippen LogP contribution in [-0.2, 0) is 0 Å². The molecular formula is C10H16BrN3. The summed E-state index contributed by atoms with van der Waals surface area (Å²) in [6.45, 7) is 5.06. The van der Waals surface area contributed by atoms with Crippen molar-refractivity contribution in [3.63, 3.8) is 0 Å². The van der Waals surface area contributed by atoms with Crippen LogP contribution in [0.15, 0.2) is 12.3 Å². The first-order valence-electron chi connectivity index (χ1n) is 4.74. The molecule has 1 rings (SSSR count). The van der Waals surface area contributed by atoms with Gasteiger partial charge < -0.3 is 4.90 Å². The van der Waals surface area contributed by atoms with Crippen molar-refractivity contribution >= 4 is 21.7 Å². The largest absolute Gasteiger partial charge is 0.360 e. The van der Waals surface area contributed by atoms with Gasteiger partial charge in [0, 0.05) is 24.6 Å². The summed E-state index contributed by atoms with van der Waals surface area (Å²) in [7, 11) is 2.05. The van der Waals surface area contributed by atoms with E-state index in [4.69, 9.17) is 0 Å². The second-order valence-corrected chi connectivity index (χ2v) is 5.02. The lowest BCUT2D eigenvalue weighted by atomic mass is 10.3. The summed E-state index contributed by atoms with van der Waals surface area (Å²) in [6.07, 6.45) is 2.91. The average molecular weight is 258 g/mol. The number of halogens is 1. The molecule has 0 aliphatic rings. The lowest BCUT2D eigenvalue weighted by Crippen LogP contribution is -2.21. The van der Waals surface area contributed by atoms with Crippen LogP contribution in [0, 0.1) is 6.92 Å². The fourth-order valence-corrected chi connectivity index (χ4v) is 1.35. The Morgan fingerprint density at radius 2 is 2.29 bits per heavy atom. The molecule has 1 heterocycles. The third-order valence-electron chi connectivity index (χ3n) is 2.01. The molecule has 0 saturated heterocycles. The quantitative estimate of drug-likeness (QED) is 0.776. The van der Waals surface area contributed by atoms with Crippen molar-refractivity contribution in [1.82, 2.24) is 9.97 Å². The number of anilines is 1. The fourth-order valence-electron chi connectivity index (χ4n) is 1.14. The molecule has 0 aliphatic carbocycles. The maximum atomic E-state index is 4.35. The molecule has 78 valence electrons. The minimum absolute atomic E-state index is 0.549. The third-order valence-corrected chi connectivity index (χ3v) is 2.47. The van der Waals surface area contributed by atoms with Crippen molar-refractivity contribution in [3.8, 4) is 0 Å². The van der Waals surface area contributed by atoms with Crippen LogP contribution >= 0.6 is 15.9 Å². The zero-order valence-corrected chi connectivity index (χ0v) is 10.5. The molecule has 0 amide bonds. The normalized spacial score (nSPS) is 12.6. The highest BCUT2D eigenvalue weighted by Crippen LogP contribution is 2.10. The highest BCUT2D eigenvalue weighted by molar-refractivity contribution is 9.09. The maximum absolute atomic E-state index is 4.35. The number of hydrogen-bond donors (Lipinski definition) is 0. The van der Waals surface area contributed by atoms with Crippen molar-refractivity contribution in [2.24, 2.45) is 0 Å². The number of aromatic nitrogens is 2. The van der Waals surface area contributed by atoms with Crippen LogP contribution in [0.1, 0.15) is 19.2 Å². The molecule has 1 atom stereocenters. The van der Waals surface area contributed by atoms with E-state index in [1.165, 1.54) is 0 Å². The molecular weight excluding hydrogens is 242 g/mol. The van der Waals surface area contributed by atoms with Crippen LogP contribution in [0.25, 0.3) is 0 Å². The van der Waals surface area contributed by atoms with E-state index < -0.39 is 0 Å². The van der Waals surface area contributed by atoms with Crippen molar-refractivity contribution in [2.45, 2.75) is 25.1 Å². The lowest BCUT2D eigenvalue weighted by molar-refractivity contribution is 0.774. The Kier molecular flexibility index (Phi) is 4.32. The number of hydrogen-bond acceptors (Lipinski definition) is 3. The summed E-state index contributed by atoms with van der Waals surface area (Å²) >= 11 is 3.53. The Balaban J connectivity index is 2.56. The SMILES string of the molecule is Cc1nccc(N(C)CCC(C)Br)n1. The summed E-state index contributed by atoms with van der Waals surface area (Å²) in [5, 5.41) is 0. The minimum Gasteiger partial charge on any atom is -0.360 e. The predicted molar refractivity (Wildman–Crippen MR) is 63.0 cm³/mol. The van der Waals surface area contributed by atoms with Crippen molar-refractivity contribution in [2.75, 3.05) is 18.5 Å². The highest BCUT2D eigenvalue weighted by Gasteiger charge is 2.04.